The summed E-state index contributed by atoms with van der Waals surface area (Å²) in [7, 11) is -3.25. The Balaban J connectivity index is 2.42. The minimum absolute atomic E-state index is 0.0383. The number of rotatable bonds is 6. The van der Waals surface area contributed by atoms with Gasteiger partial charge in [-0.2, -0.15) is 0 Å². The molecule has 0 aliphatic rings. The SMILES string of the molecule is Cc1cc(CNS(=O)(=O)CCCN)on1. The minimum Gasteiger partial charge on any atom is -0.360 e. The molecule has 0 aliphatic heterocycles. The third-order valence-electron chi connectivity index (χ3n) is 1.76. The number of sulfonamides is 1. The van der Waals surface area contributed by atoms with Crippen molar-refractivity contribution in [3.05, 3.63) is 17.5 Å². The molecule has 1 rings (SSSR count). The Morgan fingerprint density at radius 1 is 1.60 bits per heavy atom. The molecule has 0 aromatic carbocycles. The molecule has 0 saturated heterocycles. The van der Waals surface area contributed by atoms with E-state index >= 15 is 0 Å². The molecular formula is C8H15N3O3S. The molecule has 0 saturated carbocycles. The molecule has 0 fully saturated rings. The normalized spacial score (nSPS) is 11.9. The fourth-order valence-corrected chi connectivity index (χ4v) is 2.08. The van der Waals surface area contributed by atoms with Gasteiger partial charge in [-0.15, -0.1) is 0 Å². The summed E-state index contributed by atoms with van der Waals surface area (Å²) in [5.41, 5.74) is 5.95. The first-order valence-electron chi connectivity index (χ1n) is 4.63. The zero-order valence-electron chi connectivity index (χ0n) is 8.56. The van der Waals surface area contributed by atoms with Crippen LogP contribution in [0.5, 0.6) is 0 Å². The largest absolute Gasteiger partial charge is 0.360 e. The summed E-state index contributed by atoms with van der Waals surface area (Å²) >= 11 is 0. The van der Waals surface area contributed by atoms with Crippen LogP contribution in [-0.4, -0.2) is 25.9 Å². The van der Waals surface area contributed by atoms with Gasteiger partial charge < -0.3 is 10.3 Å². The number of aromatic nitrogens is 1. The van der Waals surface area contributed by atoms with E-state index in [0.717, 1.165) is 5.69 Å². The smallest absolute Gasteiger partial charge is 0.212 e. The molecule has 7 heteroatoms. The van der Waals surface area contributed by atoms with E-state index in [9.17, 15) is 8.42 Å². The Morgan fingerprint density at radius 3 is 2.87 bits per heavy atom. The summed E-state index contributed by atoms with van der Waals surface area (Å²) in [6, 6.07) is 1.69. The molecule has 15 heavy (non-hydrogen) atoms. The highest BCUT2D eigenvalue weighted by molar-refractivity contribution is 7.89. The lowest BCUT2D eigenvalue weighted by atomic mass is 10.4. The number of nitrogens with two attached hydrogens (primary N) is 1. The molecule has 0 aliphatic carbocycles. The van der Waals surface area contributed by atoms with Gasteiger partial charge in [0, 0.05) is 6.07 Å². The standard InChI is InChI=1S/C8H15N3O3S/c1-7-5-8(14-11-7)6-10-15(12,13)4-2-3-9/h5,10H,2-4,6,9H2,1H3. The van der Waals surface area contributed by atoms with Gasteiger partial charge in [-0.3, -0.25) is 0 Å². The average Bonchev–Trinajstić information content (AvgIpc) is 2.59. The van der Waals surface area contributed by atoms with Crippen LogP contribution in [0.15, 0.2) is 10.6 Å². The van der Waals surface area contributed by atoms with Gasteiger partial charge >= 0.3 is 0 Å². The molecular weight excluding hydrogens is 218 g/mol. The van der Waals surface area contributed by atoms with Gasteiger partial charge in [0.15, 0.2) is 5.76 Å². The van der Waals surface area contributed by atoms with Crippen molar-refractivity contribution in [2.24, 2.45) is 5.73 Å². The lowest BCUT2D eigenvalue weighted by Gasteiger charge is -2.02. The highest BCUT2D eigenvalue weighted by Gasteiger charge is 2.10. The predicted octanol–water partition coefficient (Wildman–Crippen LogP) is -0.249. The van der Waals surface area contributed by atoms with Gasteiger partial charge in [-0.1, -0.05) is 5.16 Å². The molecule has 6 nitrogen and oxygen atoms in total. The van der Waals surface area contributed by atoms with Crippen LogP contribution in [0.2, 0.25) is 0 Å². The molecule has 86 valence electrons. The summed E-state index contributed by atoms with van der Waals surface area (Å²) in [6.07, 6.45) is 0.449. The van der Waals surface area contributed by atoms with Crippen LogP contribution in [0.25, 0.3) is 0 Å². The van der Waals surface area contributed by atoms with E-state index in [-0.39, 0.29) is 12.3 Å². The Bertz CT molecular complexity index is 399. The van der Waals surface area contributed by atoms with Crippen LogP contribution in [0.4, 0.5) is 0 Å². The molecule has 0 bridgehead atoms. The van der Waals surface area contributed by atoms with Crippen molar-refractivity contribution in [2.45, 2.75) is 19.9 Å². The second kappa shape index (κ2) is 5.24. The van der Waals surface area contributed by atoms with Crippen LogP contribution >= 0.6 is 0 Å². The molecule has 1 aromatic heterocycles. The first-order valence-corrected chi connectivity index (χ1v) is 6.28. The highest BCUT2D eigenvalue weighted by atomic mass is 32.2. The van der Waals surface area contributed by atoms with Crippen molar-refractivity contribution in [3.8, 4) is 0 Å². The molecule has 3 N–H and O–H groups in total. The monoisotopic (exact) mass is 233 g/mol. The van der Waals surface area contributed by atoms with Crippen molar-refractivity contribution in [3.63, 3.8) is 0 Å². The summed E-state index contributed by atoms with van der Waals surface area (Å²) in [6.45, 7) is 2.27. The number of nitrogens with zero attached hydrogens (tertiary/aromatic N) is 1. The first-order chi connectivity index (χ1) is 7.03. The molecule has 0 radical (unpaired) electrons. The van der Waals surface area contributed by atoms with Gasteiger partial charge in [-0.05, 0) is 19.9 Å². The van der Waals surface area contributed by atoms with E-state index in [1.54, 1.807) is 13.0 Å². The van der Waals surface area contributed by atoms with E-state index < -0.39 is 10.0 Å². The van der Waals surface area contributed by atoms with Gasteiger partial charge in [0.1, 0.15) is 0 Å². The van der Waals surface area contributed by atoms with Crippen molar-refractivity contribution >= 4 is 10.0 Å². The second-order valence-electron chi connectivity index (χ2n) is 3.22. The molecule has 0 unspecified atom stereocenters. The fourth-order valence-electron chi connectivity index (χ4n) is 1.03. The molecule has 1 heterocycles. The molecule has 0 amide bonds. The van der Waals surface area contributed by atoms with Crippen molar-refractivity contribution < 1.29 is 12.9 Å². The molecule has 0 atom stereocenters. The second-order valence-corrected chi connectivity index (χ2v) is 5.14. The molecule has 0 spiro atoms. The number of hydrogen-bond acceptors (Lipinski definition) is 5. The summed E-state index contributed by atoms with van der Waals surface area (Å²) in [4.78, 5) is 0. The Labute approximate surface area is 88.9 Å². The van der Waals surface area contributed by atoms with Crippen LogP contribution in [0.3, 0.4) is 0 Å². The zero-order valence-corrected chi connectivity index (χ0v) is 9.38. The quantitative estimate of drug-likeness (QED) is 0.706. The lowest BCUT2D eigenvalue weighted by molar-refractivity contribution is 0.377. The third kappa shape index (κ3) is 4.41. The van der Waals surface area contributed by atoms with Gasteiger partial charge in [-0.25, -0.2) is 13.1 Å². The van der Waals surface area contributed by atoms with Gasteiger partial charge in [0.2, 0.25) is 10.0 Å². The maximum absolute atomic E-state index is 11.3. The Morgan fingerprint density at radius 2 is 2.33 bits per heavy atom. The van der Waals surface area contributed by atoms with Crippen molar-refractivity contribution in [1.29, 1.82) is 0 Å². The van der Waals surface area contributed by atoms with Crippen molar-refractivity contribution in [2.75, 3.05) is 12.3 Å². The first kappa shape index (κ1) is 12.2. The summed E-state index contributed by atoms with van der Waals surface area (Å²) in [5, 5.41) is 3.65. The van der Waals surface area contributed by atoms with E-state index in [1.807, 2.05) is 0 Å². The summed E-state index contributed by atoms with van der Waals surface area (Å²) in [5.74, 6) is 0.542. The van der Waals surface area contributed by atoms with Gasteiger partial charge in [0.05, 0.1) is 18.0 Å². The number of nitrogens with one attached hydrogen (secondary N) is 1. The summed E-state index contributed by atoms with van der Waals surface area (Å²) < 4.78 is 30.0. The fraction of sp³-hybridized carbons (Fsp3) is 0.625. The Kier molecular flexibility index (Phi) is 4.25. The lowest BCUT2D eigenvalue weighted by Crippen LogP contribution is -2.26. The van der Waals surface area contributed by atoms with Crippen LogP contribution in [-0.2, 0) is 16.6 Å². The maximum atomic E-state index is 11.3. The average molecular weight is 233 g/mol. The highest BCUT2D eigenvalue weighted by Crippen LogP contribution is 2.02. The minimum atomic E-state index is -3.25. The van der Waals surface area contributed by atoms with E-state index in [1.165, 1.54) is 0 Å². The Hall–Kier alpha value is -0.920. The third-order valence-corrected chi connectivity index (χ3v) is 3.17. The topological polar surface area (TPSA) is 98.2 Å². The molecule has 1 aromatic rings. The van der Waals surface area contributed by atoms with Crippen LogP contribution in [0, 0.1) is 6.92 Å². The number of hydrogen-bond donors (Lipinski definition) is 2. The number of aryl methyl sites for hydroxylation is 1. The predicted molar refractivity (Wildman–Crippen MR) is 55.5 cm³/mol. The van der Waals surface area contributed by atoms with Crippen LogP contribution in [0.1, 0.15) is 17.9 Å². The van der Waals surface area contributed by atoms with E-state index in [4.69, 9.17) is 10.3 Å². The zero-order chi connectivity index (χ0) is 11.3. The maximum Gasteiger partial charge on any atom is 0.212 e. The van der Waals surface area contributed by atoms with Gasteiger partial charge in [0.25, 0.3) is 0 Å². The van der Waals surface area contributed by atoms with E-state index in [2.05, 4.69) is 9.88 Å². The van der Waals surface area contributed by atoms with Crippen molar-refractivity contribution in [1.82, 2.24) is 9.88 Å². The van der Waals surface area contributed by atoms with E-state index in [0.29, 0.717) is 18.7 Å². The van der Waals surface area contributed by atoms with Crippen LogP contribution < -0.4 is 10.5 Å².